The minimum Gasteiger partial charge on any atom is -0.484 e. The van der Waals surface area contributed by atoms with Crippen LogP contribution in [0.1, 0.15) is 6.42 Å². The van der Waals surface area contributed by atoms with Crippen molar-refractivity contribution in [3.63, 3.8) is 0 Å². The zero-order chi connectivity index (χ0) is 19.2. The van der Waals surface area contributed by atoms with E-state index in [1.54, 1.807) is 42.6 Å². The Hall–Kier alpha value is -3.13. The molecule has 0 spiro atoms. The molecule has 1 aromatic carbocycles. The molecule has 8 heteroatoms. The Morgan fingerprint density at radius 2 is 1.93 bits per heavy atom. The first-order valence-corrected chi connectivity index (χ1v) is 8.43. The molecule has 1 saturated heterocycles. The van der Waals surface area contributed by atoms with Gasteiger partial charge in [0, 0.05) is 32.3 Å². The van der Waals surface area contributed by atoms with Gasteiger partial charge >= 0.3 is 5.97 Å². The lowest BCUT2D eigenvalue weighted by Gasteiger charge is -2.21. The van der Waals surface area contributed by atoms with Crippen molar-refractivity contribution in [2.75, 3.05) is 20.3 Å². The van der Waals surface area contributed by atoms with Crippen LogP contribution in [0.15, 0.2) is 48.7 Å². The Morgan fingerprint density at radius 3 is 2.56 bits per heavy atom. The third-order valence-corrected chi connectivity index (χ3v) is 4.25. The summed E-state index contributed by atoms with van der Waals surface area (Å²) in [7, 11) is 1.50. The maximum Gasteiger partial charge on any atom is 0.326 e. The fraction of sp³-hybridized carbons (Fsp3) is 0.316. The summed E-state index contributed by atoms with van der Waals surface area (Å²) in [6.45, 7) is -0.00677. The van der Waals surface area contributed by atoms with Crippen LogP contribution in [0.25, 0.3) is 0 Å². The molecule has 142 valence electrons. The fourth-order valence-electron chi connectivity index (χ4n) is 2.84. The highest BCUT2D eigenvalue weighted by molar-refractivity contribution is 5.85. The molecule has 0 aliphatic carbocycles. The molecule has 2 aromatic rings. The Bertz CT molecular complexity index is 781. The lowest BCUT2D eigenvalue weighted by molar-refractivity contribution is -0.148. The Morgan fingerprint density at radius 1 is 1.19 bits per heavy atom. The summed E-state index contributed by atoms with van der Waals surface area (Å²) >= 11 is 0. The number of hydrogen-bond acceptors (Lipinski definition) is 6. The minimum absolute atomic E-state index is 0.243. The average molecular weight is 372 g/mol. The minimum atomic E-state index is -1.04. The molecule has 1 fully saturated rings. The first kappa shape index (κ1) is 18.7. The predicted octanol–water partition coefficient (Wildman–Crippen LogP) is 1.95. The second-order valence-electron chi connectivity index (χ2n) is 6.02. The van der Waals surface area contributed by atoms with Gasteiger partial charge in [-0.25, -0.2) is 9.78 Å². The van der Waals surface area contributed by atoms with Crippen molar-refractivity contribution >= 4 is 11.9 Å². The topological polar surface area (TPSA) is 98.2 Å². The molecule has 1 aliphatic rings. The molecule has 8 nitrogen and oxygen atoms in total. The quantitative estimate of drug-likeness (QED) is 0.793. The van der Waals surface area contributed by atoms with Crippen LogP contribution in [0.3, 0.4) is 0 Å². The highest BCUT2D eigenvalue weighted by Gasteiger charge is 2.39. The van der Waals surface area contributed by atoms with E-state index in [1.807, 2.05) is 6.07 Å². The van der Waals surface area contributed by atoms with Crippen molar-refractivity contribution in [2.45, 2.75) is 18.6 Å². The summed E-state index contributed by atoms with van der Waals surface area (Å²) in [5, 5.41) is 9.27. The van der Waals surface area contributed by atoms with E-state index in [0.29, 0.717) is 17.4 Å². The standard InChI is InChI=1S/C19H20N2O6/c1-25-15-10-16(19(23)24)21(11-15)18(22)12-26-13-5-7-14(8-6-13)27-17-4-2-3-9-20-17/h2-9,15-16H,10-12H2,1H3,(H,23,24). The van der Waals surface area contributed by atoms with Gasteiger partial charge in [-0.05, 0) is 30.3 Å². The van der Waals surface area contributed by atoms with E-state index >= 15 is 0 Å². The Labute approximate surface area is 156 Å². The zero-order valence-electron chi connectivity index (χ0n) is 14.8. The van der Waals surface area contributed by atoms with Gasteiger partial charge in [-0.2, -0.15) is 0 Å². The Balaban J connectivity index is 1.55. The van der Waals surface area contributed by atoms with Crippen molar-refractivity contribution in [1.29, 1.82) is 0 Å². The van der Waals surface area contributed by atoms with E-state index in [1.165, 1.54) is 12.0 Å². The number of aromatic nitrogens is 1. The average Bonchev–Trinajstić information content (AvgIpc) is 3.13. The molecule has 3 rings (SSSR count). The van der Waals surface area contributed by atoms with Crippen LogP contribution in [0.5, 0.6) is 17.4 Å². The van der Waals surface area contributed by atoms with Crippen LogP contribution in [-0.4, -0.2) is 59.3 Å². The predicted molar refractivity (Wildman–Crippen MR) is 94.8 cm³/mol. The van der Waals surface area contributed by atoms with Gasteiger partial charge in [0.15, 0.2) is 6.61 Å². The number of carbonyl (C=O) groups excluding carboxylic acids is 1. The van der Waals surface area contributed by atoms with Crippen LogP contribution >= 0.6 is 0 Å². The molecule has 1 N–H and O–H groups in total. The van der Waals surface area contributed by atoms with Crippen molar-refractivity contribution in [1.82, 2.24) is 9.88 Å². The van der Waals surface area contributed by atoms with Gasteiger partial charge in [0.05, 0.1) is 6.10 Å². The maximum atomic E-state index is 12.4. The van der Waals surface area contributed by atoms with Crippen molar-refractivity contribution in [3.05, 3.63) is 48.7 Å². The number of aliphatic carboxylic acids is 1. The van der Waals surface area contributed by atoms with Crippen molar-refractivity contribution in [2.24, 2.45) is 0 Å². The first-order chi connectivity index (χ1) is 13.1. The third kappa shape index (κ3) is 4.73. The van der Waals surface area contributed by atoms with E-state index in [-0.39, 0.29) is 25.7 Å². The number of methoxy groups -OCH3 is 1. The molecule has 0 saturated carbocycles. The van der Waals surface area contributed by atoms with E-state index < -0.39 is 17.9 Å². The van der Waals surface area contributed by atoms with Gasteiger partial charge in [-0.15, -0.1) is 0 Å². The first-order valence-electron chi connectivity index (χ1n) is 8.43. The van der Waals surface area contributed by atoms with Gasteiger partial charge in [-0.3, -0.25) is 4.79 Å². The number of carboxylic acids is 1. The second kappa shape index (κ2) is 8.50. The number of likely N-dealkylation sites (tertiary alicyclic amines) is 1. The van der Waals surface area contributed by atoms with Crippen molar-refractivity contribution < 1.29 is 28.9 Å². The van der Waals surface area contributed by atoms with E-state index in [0.717, 1.165) is 0 Å². The monoisotopic (exact) mass is 372 g/mol. The molecule has 2 unspecified atom stereocenters. The van der Waals surface area contributed by atoms with Crippen LogP contribution in [0.2, 0.25) is 0 Å². The summed E-state index contributed by atoms with van der Waals surface area (Å²) < 4.78 is 16.2. The molecule has 1 aliphatic heterocycles. The number of ether oxygens (including phenoxy) is 3. The van der Waals surface area contributed by atoms with E-state index in [2.05, 4.69) is 4.98 Å². The molecule has 0 bridgehead atoms. The van der Waals surface area contributed by atoms with Gasteiger partial charge < -0.3 is 24.2 Å². The normalized spacial score (nSPS) is 18.9. The van der Waals surface area contributed by atoms with Crippen molar-refractivity contribution in [3.8, 4) is 17.4 Å². The highest BCUT2D eigenvalue weighted by atomic mass is 16.5. The lowest BCUT2D eigenvalue weighted by atomic mass is 10.2. The number of rotatable bonds is 7. The number of carbonyl (C=O) groups is 2. The SMILES string of the molecule is COC1CC(C(=O)O)N(C(=O)COc2ccc(Oc3ccccn3)cc2)C1. The lowest BCUT2D eigenvalue weighted by Crippen LogP contribution is -2.43. The number of benzene rings is 1. The van der Waals surface area contributed by atoms with Crippen LogP contribution in [0, 0.1) is 0 Å². The number of pyridine rings is 1. The maximum absolute atomic E-state index is 12.4. The number of amides is 1. The fourth-order valence-corrected chi connectivity index (χ4v) is 2.84. The molecular formula is C19H20N2O6. The zero-order valence-corrected chi connectivity index (χ0v) is 14.8. The molecule has 0 radical (unpaired) electrons. The Kier molecular flexibility index (Phi) is 5.87. The molecular weight excluding hydrogens is 352 g/mol. The smallest absolute Gasteiger partial charge is 0.326 e. The van der Waals surface area contributed by atoms with Crippen LogP contribution in [-0.2, 0) is 14.3 Å². The molecule has 27 heavy (non-hydrogen) atoms. The molecule has 2 heterocycles. The largest absolute Gasteiger partial charge is 0.484 e. The molecule has 1 aromatic heterocycles. The van der Waals surface area contributed by atoms with Gasteiger partial charge in [-0.1, -0.05) is 6.07 Å². The van der Waals surface area contributed by atoms with Gasteiger partial charge in [0.1, 0.15) is 17.5 Å². The summed E-state index contributed by atoms with van der Waals surface area (Å²) in [4.78, 5) is 29.0. The third-order valence-electron chi connectivity index (χ3n) is 4.25. The van der Waals surface area contributed by atoms with Gasteiger partial charge in [0.25, 0.3) is 5.91 Å². The highest BCUT2D eigenvalue weighted by Crippen LogP contribution is 2.23. The second-order valence-corrected chi connectivity index (χ2v) is 6.02. The summed E-state index contributed by atoms with van der Waals surface area (Å²) in [5.74, 6) is 0.101. The van der Waals surface area contributed by atoms with E-state index in [4.69, 9.17) is 14.2 Å². The molecule has 2 atom stereocenters. The molecule has 1 amide bonds. The number of hydrogen-bond donors (Lipinski definition) is 1. The summed E-state index contributed by atoms with van der Waals surface area (Å²) in [6.07, 6.45) is 1.63. The van der Waals surface area contributed by atoms with Crippen LogP contribution < -0.4 is 9.47 Å². The van der Waals surface area contributed by atoms with E-state index in [9.17, 15) is 14.7 Å². The van der Waals surface area contributed by atoms with Gasteiger partial charge in [0.2, 0.25) is 5.88 Å². The van der Waals surface area contributed by atoms with Crippen LogP contribution in [0.4, 0.5) is 0 Å². The summed E-state index contributed by atoms with van der Waals surface area (Å²) in [5.41, 5.74) is 0. The number of carboxylic acid groups (broad SMARTS) is 1. The number of nitrogens with zero attached hydrogens (tertiary/aromatic N) is 2. The summed E-state index contributed by atoms with van der Waals surface area (Å²) in [6, 6.07) is 11.2.